The highest BCUT2D eigenvalue weighted by Gasteiger charge is 2.27. The summed E-state index contributed by atoms with van der Waals surface area (Å²) < 4.78 is 4.90. The molecule has 0 aliphatic rings. The zero-order valence-electron chi connectivity index (χ0n) is 12.8. The fraction of sp³-hybridized carbons (Fsp3) is 0.857. The zero-order chi connectivity index (χ0) is 15.0. The maximum atomic E-state index is 12.3. The van der Waals surface area contributed by atoms with Gasteiger partial charge in [0.05, 0.1) is 12.6 Å². The van der Waals surface area contributed by atoms with Gasteiger partial charge in [0.2, 0.25) is 5.91 Å². The number of esters is 1. The number of nitrogens with two attached hydrogens (primary N) is 1. The van der Waals surface area contributed by atoms with E-state index in [1.807, 2.05) is 27.7 Å². The number of nitrogens with zero attached hydrogens (tertiary/aromatic N) is 1. The summed E-state index contributed by atoms with van der Waals surface area (Å²) >= 11 is 0. The molecule has 5 nitrogen and oxygen atoms in total. The Morgan fingerprint density at radius 3 is 2.21 bits per heavy atom. The first-order chi connectivity index (χ1) is 8.83. The van der Waals surface area contributed by atoms with Crippen molar-refractivity contribution in [2.24, 2.45) is 17.6 Å². The monoisotopic (exact) mass is 272 g/mol. The van der Waals surface area contributed by atoms with Crippen molar-refractivity contribution < 1.29 is 14.3 Å². The van der Waals surface area contributed by atoms with E-state index >= 15 is 0 Å². The van der Waals surface area contributed by atoms with Gasteiger partial charge >= 0.3 is 5.97 Å². The van der Waals surface area contributed by atoms with E-state index in [0.717, 1.165) is 6.42 Å². The average Bonchev–Trinajstić information content (AvgIpc) is 2.35. The number of carbonyl (C=O) groups excluding carboxylic acids is 2. The summed E-state index contributed by atoms with van der Waals surface area (Å²) in [5, 5.41) is 0. The fourth-order valence-corrected chi connectivity index (χ4v) is 1.74. The Morgan fingerprint density at radius 2 is 1.79 bits per heavy atom. The van der Waals surface area contributed by atoms with E-state index in [1.165, 1.54) is 4.90 Å². The van der Waals surface area contributed by atoms with E-state index in [4.69, 9.17) is 10.5 Å². The minimum Gasteiger partial charge on any atom is -0.465 e. The first kappa shape index (κ1) is 17.9. The summed E-state index contributed by atoms with van der Waals surface area (Å²) in [6.45, 7) is 10.5. The van der Waals surface area contributed by atoms with Crippen LogP contribution in [0.5, 0.6) is 0 Å². The molecule has 5 heteroatoms. The number of hydrogen-bond donors (Lipinski definition) is 1. The molecule has 0 aliphatic heterocycles. The molecule has 2 N–H and O–H groups in total. The Balaban J connectivity index is 4.73. The second kappa shape index (κ2) is 8.91. The minimum atomic E-state index is -0.557. The lowest BCUT2D eigenvalue weighted by Gasteiger charge is -2.28. The van der Waals surface area contributed by atoms with E-state index in [-0.39, 0.29) is 30.3 Å². The van der Waals surface area contributed by atoms with Crippen LogP contribution in [0.25, 0.3) is 0 Å². The van der Waals surface area contributed by atoms with Crippen molar-refractivity contribution in [3.63, 3.8) is 0 Å². The third kappa shape index (κ3) is 6.57. The number of rotatable bonds is 8. The number of hydrogen-bond acceptors (Lipinski definition) is 4. The second-order valence-electron chi connectivity index (χ2n) is 5.33. The summed E-state index contributed by atoms with van der Waals surface area (Å²) in [7, 11) is 0. The van der Waals surface area contributed by atoms with Crippen LogP contribution in [0.3, 0.4) is 0 Å². The number of carbonyl (C=O) groups is 2. The lowest BCUT2D eigenvalue weighted by molar-refractivity contribution is -0.150. The van der Waals surface area contributed by atoms with Crippen molar-refractivity contribution in [1.29, 1.82) is 0 Å². The van der Waals surface area contributed by atoms with Gasteiger partial charge in [0, 0.05) is 6.54 Å². The first-order valence-electron chi connectivity index (χ1n) is 7.03. The van der Waals surface area contributed by atoms with Crippen LogP contribution < -0.4 is 5.73 Å². The average molecular weight is 272 g/mol. The van der Waals surface area contributed by atoms with Crippen LogP contribution in [0.1, 0.15) is 41.0 Å². The van der Waals surface area contributed by atoms with Gasteiger partial charge in [0.25, 0.3) is 0 Å². The van der Waals surface area contributed by atoms with E-state index < -0.39 is 6.04 Å². The van der Waals surface area contributed by atoms with Crippen molar-refractivity contribution >= 4 is 11.9 Å². The number of ether oxygens (including phenoxy) is 1. The third-order valence-electron chi connectivity index (χ3n) is 3.06. The second-order valence-corrected chi connectivity index (χ2v) is 5.33. The molecular weight excluding hydrogens is 244 g/mol. The first-order valence-corrected chi connectivity index (χ1v) is 7.03. The van der Waals surface area contributed by atoms with Crippen LogP contribution in [-0.2, 0) is 14.3 Å². The molecule has 0 fully saturated rings. The Hall–Kier alpha value is -1.10. The van der Waals surface area contributed by atoms with Gasteiger partial charge in [0.15, 0.2) is 0 Å². The summed E-state index contributed by atoms with van der Waals surface area (Å²) in [6, 6.07) is -0.557. The van der Waals surface area contributed by atoms with Gasteiger partial charge in [-0.05, 0) is 18.8 Å². The van der Waals surface area contributed by atoms with Crippen LogP contribution in [0.15, 0.2) is 0 Å². The summed E-state index contributed by atoms with van der Waals surface area (Å²) in [5.74, 6) is -0.171. The summed E-state index contributed by atoms with van der Waals surface area (Å²) in [6.07, 6.45) is 0.835. The van der Waals surface area contributed by atoms with Gasteiger partial charge in [-0.15, -0.1) is 0 Å². The van der Waals surface area contributed by atoms with Crippen molar-refractivity contribution in [3.8, 4) is 0 Å². The highest BCUT2D eigenvalue weighted by molar-refractivity contribution is 5.85. The molecule has 0 aromatic heterocycles. The van der Waals surface area contributed by atoms with Crippen LogP contribution in [-0.4, -0.2) is 42.5 Å². The fourth-order valence-electron chi connectivity index (χ4n) is 1.74. The molecule has 19 heavy (non-hydrogen) atoms. The van der Waals surface area contributed by atoms with Gasteiger partial charge < -0.3 is 15.4 Å². The van der Waals surface area contributed by atoms with E-state index in [9.17, 15) is 9.59 Å². The Labute approximate surface area is 116 Å². The zero-order valence-corrected chi connectivity index (χ0v) is 12.8. The van der Waals surface area contributed by atoms with E-state index in [2.05, 4.69) is 0 Å². The van der Waals surface area contributed by atoms with Crippen LogP contribution in [0, 0.1) is 11.8 Å². The Kier molecular flexibility index (Phi) is 8.39. The lowest BCUT2D eigenvalue weighted by Crippen LogP contribution is -2.50. The lowest BCUT2D eigenvalue weighted by atomic mass is 9.98. The van der Waals surface area contributed by atoms with Crippen molar-refractivity contribution in [3.05, 3.63) is 0 Å². The van der Waals surface area contributed by atoms with Crippen LogP contribution in [0.4, 0.5) is 0 Å². The normalized spacial score (nSPS) is 14.1. The molecule has 0 spiro atoms. The molecule has 0 radical (unpaired) electrons. The van der Waals surface area contributed by atoms with Crippen LogP contribution >= 0.6 is 0 Å². The smallest absolute Gasteiger partial charge is 0.325 e. The highest BCUT2D eigenvalue weighted by atomic mass is 16.5. The topological polar surface area (TPSA) is 72.6 Å². The minimum absolute atomic E-state index is 0.0189. The van der Waals surface area contributed by atoms with E-state index in [1.54, 1.807) is 6.92 Å². The highest BCUT2D eigenvalue weighted by Crippen LogP contribution is 2.10. The summed E-state index contributed by atoms with van der Waals surface area (Å²) in [4.78, 5) is 25.4. The molecule has 0 aromatic carbocycles. The molecule has 0 rings (SSSR count). The molecule has 0 bridgehead atoms. The standard InChI is InChI=1S/C14H28N2O3/c1-6-11(5)13(15)14(18)16(8-10(3)4)9-12(17)19-7-2/h10-11,13H,6-9,15H2,1-5H3. The third-order valence-corrected chi connectivity index (χ3v) is 3.06. The van der Waals surface area contributed by atoms with Crippen molar-refractivity contribution in [2.45, 2.75) is 47.1 Å². The van der Waals surface area contributed by atoms with Crippen LogP contribution in [0.2, 0.25) is 0 Å². The molecule has 2 unspecified atom stereocenters. The molecule has 112 valence electrons. The van der Waals surface area contributed by atoms with Crippen molar-refractivity contribution in [1.82, 2.24) is 4.90 Å². The quantitative estimate of drug-likeness (QED) is 0.678. The Morgan fingerprint density at radius 1 is 1.21 bits per heavy atom. The predicted molar refractivity (Wildman–Crippen MR) is 75.5 cm³/mol. The maximum Gasteiger partial charge on any atom is 0.325 e. The molecule has 0 saturated heterocycles. The molecule has 0 aromatic rings. The SMILES string of the molecule is CCOC(=O)CN(CC(C)C)C(=O)C(N)C(C)CC. The Bertz CT molecular complexity index is 292. The molecular formula is C14H28N2O3. The van der Waals surface area contributed by atoms with Gasteiger partial charge in [-0.2, -0.15) is 0 Å². The van der Waals surface area contributed by atoms with Gasteiger partial charge in [-0.3, -0.25) is 9.59 Å². The number of amides is 1. The van der Waals surface area contributed by atoms with Gasteiger partial charge in [-0.25, -0.2) is 0 Å². The molecule has 2 atom stereocenters. The van der Waals surface area contributed by atoms with Gasteiger partial charge in [0.1, 0.15) is 6.54 Å². The van der Waals surface area contributed by atoms with Gasteiger partial charge in [-0.1, -0.05) is 34.1 Å². The largest absolute Gasteiger partial charge is 0.465 e. The maximum absolute atomic E-state index is 12.3. The molecule has 1 amide bonds. The molecule has 0 heterocycles. The molecule has 0 saturated carbocycles. The predicted octanol–water partition coefficient (Wildman–Crippen LogP) is 1.41. The van der Waals surface area contributed by atoms with E-state index in [0.29, 0.717) is 13.2 Å². The summed E-state index contributed by atoms with van der Waals surface area (Å²) in [5.41, 5.74) is 5.95. The van der Waals surface area contributed by atoms with Crippen molar-refractivity contribution in [2.75, 3.05) is 19.7 Å². The molecule has 0 aliphatic carbocycles.